The van der Waals surface area contributed by atoms with Crippen molar-refractivity contribution in [3.05, 3.63) is 29.6 Å². The van der Waals surface area contributed by atoms with Crippen LogP contribution in [-0.4, -0.2) is 5.71 Å². The van der Waals surface area contributed by atoms with Gasteiger partial charge in [-0.3, -0.25) is 5.43 Å². The molecule has 0 aliphatic carbocycles. The fourth-order valence-electron chi connectivity index (χ4n) is 1.04. The van der Waals surface area contributed by atoms with E-state index in [2.05, 4.69) is 10.5 Å². The summed E-state index contributed by atoms with van der Waals surface area (Å²) in [5.74, 6) is -0.600. The molecule has 1 aromatic rings. The number of nitrogens with one attached hydrogen (secondary N) is 1. The van der Waals surface area contributed by atoms with E-state index in [0.29, 0.717) is 5.56 Å². The zero-order chi connectivity index (χ0) is 12.7. The van der Waals surface area contributed by atoms with Crippen molar-refractivity contribution < 1.29 is 4.39 Å². The van der Waals surface area contributed by atoms with Crippen molar-refractivity contribution in [2.45, 2.75) is 6.42 Å². The summed E-state index contributed by atoms with van der Waals surface area (Å²) >= 11 is 0. The van der Waals surface area contributed by atoms with Gasteiger partial charge in [0.05, 0.1) is 18.2 Å². The van der Waals surface area contributed by atoms with Crippen LogP contribution in [0, 0.1) is 39.8 Å². The maximum absolute atomic E-state index is 13.4. The van der Waals surface area contributed by atoms with Gasteiger partial charge in [-0.25, -0.2) is 4.39 Å². The Morgan fingerprint density at radius 3 is 2.53 bits per heavy atom. The van der Waals surface area contributed by atoms with Crippen LogP contribution in [0.4, 0.5) is 10.1 Å². The molecule has 1 rings (SSSR count). The van der Waals surface area contributed by atoms with Crippen LogP contribution in [0.2, 0.25) is 0 Å². The van der Waals surface area contributed by atoms with E-state index in [-0.39, 0.29) is 12.1 Å². The summed E-state index contributed by atoms with van der Waals surface area (Å²) in [6.07, 6.45) is 0.113. The van der Waals surface area contributed by atoms with Crippen LogP contribution in [-0.2, 0) is 6.42 Å². The highest BCUT2D eigenvalue weighted by molar-refractivity contribution is 6.10. The fraction of sp³-hybridized carbons (Fsp3) is 0.0909. The Morgan fingerprint density at radius 2 is 2.00 bits per heavy atom. The van der Waals surface area contributed by atoms with Gasteiger partial charge < -0.3 is 0 Å². The number of benzene rings is 1. The maximum atomic E-state index is 13.4. The minimum atomic E-state index is -0.600. The minimum absolute atomic E-state index is 0.0367. The molecule has 0 unspecified atom stereocenters. The molecular weight excluding hydrogens is 221 g/mol. The average molecular weight is 227 g/mol. The third-order valence-electron chi connectivity index (χ3n) is 1.82. The minimum Gasteiger partial charge on any atom is -0.274 e. The van der Waals surface area contributed by atoms with Crippen molar-refractivity contribution in [3.8, 4) is 18.2 Å². The van der Waals surface area contributed by atoms with E-state index in [1.807, 2.05) is 6.07 Å². The van der Waals surface area contributed by atoms with Crippen molar-refractivity contribution in [1.29, 1.82) is 15.8 Å². The van der Waals surface area contributed by atoms with Crippen molar-refractivity contribution in [3.63, 3.8) is 0 Å². The number of anilines is 1. The Hall–Kier alpha value is -2.91. The second-order valence-corrected chi connectivity index (χ2v) is 2.94. The summed E-state index contributed by atoms with van der Waals surface area (Å²) in [5.41, 5.74) is 2.45. The monoisotopic (exact) mass is 227 g/mol. The normalized spacial score (nSPS) is 8.35. The molecule has 1 N–H and O–H groups in total. The van der Waals surface area contributed by atoms with Crippen LogP contribution in [0.1, 0.15) is 5.56 Å². The number of halogens is 1. The first kappa shape index (κ1) is 12.2. The first-order valence-electron chi connectivity index (χ1n) is 4.50. The topological polar surface area (TPSA) is 95.8 Å². The van der Waals surface area contributed by atoms with Crippen molar-refractivity contribution in [2.24, 2.45) is 5.10 Å². The lowest BCUT2D eigenvalue weighted by Gasteiger charge is -2.02. The van der Waals surface area contributed by atoms with Crippen LogP contribution in [0.5, 0.6) is 0 Å². The molecule has 0 aliphatic heterocycles. The summed E-state index contributed by atoms with van der Waals surface area (Å²) < 4.78 is 13.4. The Balaban J connectivity index is 2.89. The molecule has 0 saturated heterocycles. The van der Waals surface area contributed by atoms with E-state index in [9.17, 15) is 4.39 Å². The first-order valence-corrected chi connectivity index (χ1v) is 4.50. The molecule has 0 radical (unpaired) electrons. The second kappa shape index (κ2) is 5.85. The van der Waals surface area contributed by atoms with Crippen LogP contribution in [0.15, 0.2) is 23.3 Å². The summed E-state index contributed by atoms with van der Waals surface area (Å²) in [7, 11) is 0. The van der Waals surface area contributed by atoms with Gasteiger partial charge in [-0.2, -0.15) is 20.9 Å². The molecule has 0 bridgehead atoms. The number of hydrogen-bond acceptors (Lipinski definition) is 5. The molecule has 0 amide bonds. The standard InChI is InChI=1S/C11H6FN5/c12-10-5-8(3-4-13)1-2-11(10)17-16-9(6-14)7-15/h1-2,5,17H,3H2. The van der Waals surface area contributed by atoms with Gasteiger partial charge in [0.15, 0.2) is 0 Å². The molecule has 1 aromatic carbocycles. The molecule has 0 spiro atoms. The molecule has 0 fully saturated rings. The lowest BCUT2D eigenvalue weighted by Crippen LogP contribution is -1.98. The zero-order valence-corrected chi connectivity index (χ0v) is 8.61. The van der Waals surface area contributed by atoms with Gasteiger partial charge in [0.25, 0.3) is 0 Å². The molecule has 0 atom stereocenters. The van der Waals surface area contributed by atoms with E-state index in [1.165, 1.54) is 24.3 Å². The van der Waals surface area contributed by atoms with Gasteiger partial charge >= 0.3 is 0 Å². The van der Waals surface area contributed by atoms with Gasteiger partial charge in [-0.15, -0.1) is 0 Å². The van der Waals surface area contributed by atoms with E-state index >= 15 is 0 Å². The molecule has 0 heterocycles. The number of nitrogens with zero attached hydrogens (tertiary/aromatic N) is 4. The van der Waals surface area contributed by atoms with E-state index < -0.39 is 11.5 Å². The maximum Gasteiger partial charge on any atom is 0.237 e. The largest absolute Gasteiger partial charge is 0.274 e. The smallest absolute Gasteiger partial charge is 0.237 e. The number of hydrogen-bond donors (Lipinski definition) is 1. The van der Waals surface area contributed by atoms with E-state index in [0.717, 1.165) is 0 Å². The Morgan fingerprint density at radius 1 is 1.29 bits per heavy atom. The molecular formula is C11H6FN5. The molecule has 17 heavy (non-hydrogen) atoms. The highest BCUT2D eigenvalue weighted by Crippen LogP contribution is 2.15. The molecule has 0 saturated carbocycles. The van der Waals surface area contributed by atoms with Crippen molar-refractivity contribution in [2.75, 3.05) is 5.43 Å². The third kappa shape index (κ3) is 3.30. The Labute approximate surface area is 97.0 Å². The van der Waals surface area contributed by atoms with Gasteiger partial charge in [-0.1, -0.05) is 6.07 Å². The van der Waals surface area contributed by atoms with E-state index in [4.69, 9.17) is 15.8 Å². The predicted octanol–water partition coefficient (Wildman–Crippen LogP) is 1.71. The zero-order valence-electron chi connectivity index (χ0n) is 8.61. The summed E-state index contributed by atoms with van der Waals surface area (Å²) in [6.45, 7) is 0. The number of rotatable bonds is 3. The number of nitriles is 3. The second-order valence-electron chi connectivity index (χ2n) is 2.94. The molecule has 0 aliphatic rings. The lowest BCUT2D eigenvalue weighted by molar-refractivity contribution is 0.629. The lowest BCUT2D eigenvalue weighted by atomic mass is 10.1. The van der Waals surface area contributed by atoms with Crippen LogP contribution in [0.3, 0.4) is 0 Å². The van der Waals surface area contributed by atoms with Gasteiger partial charge in [0.2, 0.25) is 5.71 Å². The highest BCUT2D eigenvalue weighted by Gasteiger charge is 2.03. The molecule has 82 valence electrons. The van der Waals surface area contributed by atoms with Gasteiger partial charge in [-0.05, 0) is 17.7 Å². The summed E-state index contributed by atoms with van der Waals surface area (Å²) in [4.78, 5) is 0. The molecule has 5 nitrogen and oxygen atoms in total. The van der Waals surface area contributed by atoms with Crippen LogP contribution in [0.25, 0.3) is 0 Å². The molecule has 6 heteroatoms. The third-order valence-corrected chi connectivity index (χ3v) is 1.82. The van der Waals surface area contributed by atoms with Crippen LogP contribution < -0.4 is 5.43 Å². The van der Waals surface area contributed by atoms with Crippen molar-refractivity contribution in [1.82, 2.24) is 0 Å². The quantitative estimate of drug-likeness (QED) is 0.627. The Bertz CT molecular complexity index is 555. The average Bonchev–Trinajstić information content (AvgIpc) is 2.33. The summed E-state index contributed by atoms with van der Waals surface area (Å²) in [6, 6.07) is 9.11. The fourth-order valence-corrected chi connectivity index (χ4v) is 1.04. The number of hydrazone groups is 1. The van der Waals surface area contributed by atoms with Gasteiger partial charge in [0, 0.05) is 0 Å². The SMILES string of the molecule is N#CCc1ccc(NN=C(C#N)C#N)c(F)c1. The van der Waals surface area contributed by atoms with E-state index in [1.54, 1.807) is 6.07 Å². The highest BCUT2D eigenvalue weighted by atomic mass is 19.1. The van der Waals surface area contributed by atoms with Gasteiger partial charge in [0.1, 0.15) is 18.0 Å². The Kier molecular flexibility index (Phi) is 4.18. The van der Waals surface area contributed by atoms with Crippen LogP contribution >= 0.6 is 0 Å². The van der Waals surface area contributed by atoms with Crippen molar-refractivity contribution >= 4 is 11.4 Å². The predicted molar refractivity (Wildman–Crippen MR) is 58.0 cm³/mol. The first-order chi connectivity index (χ1) is 8.21. The summed E-state index contributed by atoms with van der Waals surface area (Å²) in [5, 5.41) is 28.7. The molecule has 0 aromatic heterocycles.